The summed E-state index contributed by atoms with van der Waals surface area (Å²) in [6, 6.07) is 2.01. The largest absolute Gasteiger partial charge is 0.309 e. The van der Waals surface area contributed by atoms with Gasteiger partial charge in [-0.1, -0.05) is 4.85 Å². The Morgan fingerprint density at radius 1 is 1.08 bits per heavy atom. The Bertz CT molecular complexity index is 376. The number of hydrogen-bond acceptors (Lipinski definition) is 4. The first-order valence-electron chi connectivity index (χ1n) is 2.91. The standard InChI is InChI=1S/C5H10NO4S2/c1-6-4-5(11(2,7)8)12(3,9)10/h5H,1-3H3/q+1. The van der Waals surface area contributed by atoms with Gasteiger partial charge in [0, 0.05) is 12.5 Å². The third-order valence-corrected chi connectivity index (χ3v) is 4.88. The van der Waals surface area contributed by atoms with Crippen LogP contribution in [0.1, 0.15) is 0 Å². The van der Waals surface area contributed by atoms with Crippen LogP contribution in [-0.4, -0.2) is 41.0 Å². The topological polar surface area (TPSA) is 72.6 Å². The number of sulfone groups is 2. The van der Waals surface area contributed by atoms with Crippen molar-refractivity contribution in [1.82, 2.24) is 0 Å². The molecule has 7 heteroatoms. The Kier molecular flexibility index (Phi) is 3.24. The van der Waals surface area contributed by atoms with Gasteiger partial charge in [-0.25, -0.2) is 16.8 Å². The summed E-state index contributed by atoms with van der Waals surface area (Å²) < 4.78 is 41.8. The maximum atomic E-state index is 10.9. The van der Waals surface area contributed by atoms with Gasteiger partial charge in [0.2, 0.25) is 0 Å². The Hall–Kier alpha value is -0.610. The van der Waals surface area contributed by atoms with Crippen LogP contribution in [0.4, 0.5) is 0 Å². The fraction of sp³-hybridized carbons (Fsp3) is 0.800. The molecule has 0 unspecified atom stereocenters. The molecule has 0 heterocycles. The van der Waals surface area contributed by atoms with Crippen LogP contribution in [0.15, 0.2) is 0 Å². The molecule has 0 N–H and O–H groups in total. The summed E-state index contributed by atoms with van der Waals surface area (Å²) in [6.45, 7) is 0. The summed E-state index contributed by atoms with van der Waals surface area (Å²) >= 11 is 0. The zero-order valence-corrected chi connectivity index (χ0v) is 8.61. The monoisotopic (exact) mass is 212 g/mol. The average molecular weight is 212 g/mol. The van der Waals surface area contributed by atoms with E-state index in [1.165, 1.54) is 7.05 Å². The molecule has 0 fully saturated rings. The number of nitrogens with zero attached hydrogens (tertiary/aromatic N) is 1. The van der Waals surface area contributed by atoms with Crippen LogP contribution < -0.4 is 0 Å². The molecule has 0 aliphatic rings. The third kappa shape index (κ3) is 3.19. The van der Waals surface area contributed by atoms with E-state index >= 15 is 0 Å². The Labute approximate surface area is 72.1 Å². The molecular formula is C5H10NO4S2+. The minimum absolute atomic E-state index is 0.830. The van der Waals surface area contributed by atoms with Gasteiger partial charge in [-0.15, -0.1) is 0 Å². The molecule has 0 aromatic heterocycles. The van der Waals surface area contributed by atoms with Crippen LogP contribution in [0.3, 0.4) is 0 Å². The zero-order valence-electron chi connectivity index (χ0n) is 6.97. The maximum absolute atomic E-state index is 10.9. The minimum atomic E-state index is -3.68. The fourth-order valence-corrected chi connectivity index (χ4v) is 3.75. The Balaban J connectivity index is 5.36. The maximum Gasteiger partial charge on any atom is 0.309 e. The van der Waals surface area contributed by atoms with Crippen molar-refractivity contribution < 1.29 is 16.8 Å². The van der Waals surface area contributed by atoms with Crippen molar-refractivity contribution in [3.05, 3.63) is 4.85 Å². The smallest absolute Gasteiger partial charge is 0.227 e. The lowest BCUT2D eigenvalue weighted by Gasteiger charge is -1.99. The third-order valence-electron chi connectivity index (χ3n) is 1.01. The highest BCUT2D eigenvalue weighted by atomic mass is 32.3. The molecule has 0 spiro atoms. The Morgan fingerprint density at radius 3 is 1.50 bits per heavy atom. The van der Waals surface area contributed by atoms with Crippen molar-refractivity contribution in [3.8, 4) is 6.07 Å². The quantitative estimate of drug-likeness (QED) is 0.610. The van der Waals surface area contributed by atoms with E-state index in [9.17, 15) is 16.8 Å². The van der Waals surface area contributed by atoms with Crippen LogP contribution in [0, 0.1) is 6.07 Å². The van der Waals surface area contributed by atoms with Gasteiger partial charge in [-0.05, 0) is 0 Å². The molecule has 70 valence electrons. The van der Waals surface area contributed by atoms with Crippen LogP contribution in [-0.2, 0) is 19.7 Å². The predicted octanol–water partition coefficient (Wildman–Crippen LogP) is -0.636. The van der Waals surface area contributed by atoms with Gasteiger partial charge in [-0.2, -0.15) is 0 Å². The van der Waals surface area contributed by atoms with Crippen molar-refractivity contribution in [1.29, 1.82) is 0 Å². The predicted molar refractivity (Wildman–Crippen MR) is 46.6 cm³/mol. The molecule has 0 bridgehead atoms. The summed E-state index contributed by atoms with van der Waals surface area (Å²) in [5.41, 5.74) is 0. The molecule has 0 saturated carbocycles. The lowest BCUT2D eigenvalue weighted by Crippen LogP contribution is -2.26. The lowest BCUT2D eigenvalue weighted by atomic mass is 10.9. The van der Waals surface area contributed by atoms with Crippen molar-refractivity contribution in [3.63, 3.8) is 0 Å². The van der Waals surface area contributed by atoms with Gasteiger partial charge >= 0.3 is 6.07 Å². The summed E-state index contributed by atoms with van der Waals surface area (Å²) in [5, 5.41) is 0. The minimum Gasteiger partial charge on any atom is -0.227 e. The summed E-state index contributed by atoms with van der Waals surface area (Å²) in [7, 11) is -6.09. The van der Waals surface area contributed by atoms with E-state index in [2.05, 4.69) is 4.85 Å². The van der Waals surface area contributed by atoms with Crippen molar-refractivity contribution in [2.75, 3.05) is 19.6 Å². The molecule has 0 radical (unpaired) electrons. The first-order valence-corrected chi connectivity index (χ1v) is 6.82. The van der Waals surface area contributed by atoms with Gasteiger partial charge < -0.3 is 0 Å². The second kappa shape index (κ2) is 3.41. The summed E-state index contributed by atoms with van der Waals surface area (Å²) in [5.74, 6) is 0. The molecule has 12 heavy (non-hydrogen) atoms. The van der Waals surface area contributed by atoms with E-state index in [-0.39, 0.29) is 0 Å². The molecule has 0 aliphatic carbocycles. The molecule has 0 saturated heterocycles. The highest BCUT2D eigenvalue weighted by Crippen LogP contribution is 2.05. The van der Waals surface area contributed by atoms with E-state index in [1.54, 1.807) is 0 Å². The number of rotatable bonds is 2. The summed E-state index contributed by atoms with van der Waals surface area (Å²) in [6.07, 6.45) is 1.66. The van der Waals surface area contributed by atoms with E-state index in [1.807, 2.05) is 6.07 Å². The summed E-state index contributed by atoms with van der Waals surface area (Å²) in [4.78, 5) is 3.26. The number of hydrogen-bond donors (Lipinski definition) is 0. The normalized spacial score (nSPS) is 12.3. The van der Waals surface area contributed by atoms with Crippen molar-refractivity contribution in [2.24, 2.45) is 0 Å². The second-order valence-corrected chi connectivity index (χ2v) is 6.90. The van der Waals surface area contributed by atoms with Gasteiger partial charge in [0.25, 0.3) is 11.6 Å². The molecule has 5 nitrogen and oxygen atoms in total. The molecule has 0 aromatic rings. The van der Waals surface area contributed by atoms with Gasteiger partial charge in [0.15, 0.2) is 19.7 Å². The molecule has 0 atom stereocenters. The van der Waals surface area contributed by atoms with Crippen LogP contribution in [0.5, 0.6) is 0 Å². The molecule has 0 amide bonds. The SMILES string of the molecule is C[N+]#CC(S(C)(=O)=O)S(C)(=O)=O. The lowest BCUT2D eigenvalue weighted by molar-refractivity contribution is 0.589. The average Bonchev–Trinajstić information content (AvgIpc) is 1.77. The van der Waals surface area contributed by atoms with E-state index in [0.717, 1.165) is 12.5 Å². The molecule has 0 aromatic carbocycles. The molecule has 0 rings (SSSR count). The van der Waals surface area contributed by atoms with Gasteiger partial charge in [0.05, 0.1) is 0 Å². The second-order valence-electron chi connectivity index (χ2n) is 2.34. The van der Waals surface area contributed by atoms with Crippen LogP contribution >= 0.6 is 0 Å². The van der Waals surface area contributed by atoms with Crippen LogP contribution in [0.2, 0.25) is 0 Å². The van der Waals surface area contributed by atoms with Gasteiger partial charge in [0.1, 0.15) is 0 Å². The first kappa shape index (κ1) is 11.4. The van der Waals surface area contributed by atoms with Crippen molar-refractivity contribution in [2.45, 2.75) is 4.58 Å². The van der Waals surface area contributed by atoms with E-state index in [4.69, 9.17) is 0 Å². The Morgan fingerprint density at radius 2 is 1.42 bits per heavy atom. The van der Waals surface area contributed by atoms with Gasteiger partial charge in [-0.3, -0.25) is 0 Å². The van der Waals surface area contributed by atoms with Crippen molar-refractivity contribution >= 4 is 19.7 Å². The molecule has 0 aliphatic heterocycles. The first-order chi connectivity index (χ1) is 5.19. The van der Waals surface area contributed by atoms with Crippen LogP contribution in [0.25, 0.3) is 4.85 Å². The van der Waals surface area contributed by atoms with E-state index < -0.39 is 24.3 Å². The van der Waals surface area contributed by atoms with E-state index in [0.29, 0.717) is 0 Å². The molecular weight excluding hydrogens is 202 g/mol. The zero-order chi connectivity index (χ0) is 9.99. The highest BCUT2D eigenvalue weighted by Gasteiger charge is 2.34. The highest BCUT2D eigenvalue weighted by molar-refractivity contribution is 8.08. The fourth-order valence-electron chi connectivity index (χ4n) is 0.614.